The smallest absolute Gasteiger partial charge is 0.305 e. The van der Waals surface area contributed by atoms with E-state index in [2.05, 4.69) is 22.7 Å². The molecule has 0 amide bonds. The Kier molecular flexibility index (Phi) is 11.5. The molecule has 0 radical (unpaired) electrons. The van der Waals surface area contributed by atoms with Crippen molar-refractivity contribution in [3.8, 4) is 0 Å². The maximum Gasteiger partial charge on any atom is 0.305 e. The fourth-order valence-electron chi connectivity index (χ4n) is 3.46. The summed E-state index contributed by atoms with van der Waals surface area (Å²) < 4.78 is 4.67. The first-order valence-electron chi connectivity index (χ1n) is 11.9. The molecule has 1 aliphatic rings. The number of rotatable bonds is 15. The van der Waals surface area contributed by atoms with Crippen LogP contribution in [0.25, 0.3) is 11.6 Å². The van der Waals surface area contributed by atoms with Gasteiger partial charge in [-0.1, -0.05) is 56.9 Å². The lowest BCUT2D eigenvalue weighted by molar-refractivity contribution is -0.140. The van der Waals surface area contributed by atoms with Crippen LogP contribution in [0.1, 0.15) is 99.0 Å². The Balaban J connectivity index is 2.13. The first-order chi connectivity index (χ1) is 15.6. The third-order valence-electron chi connectivity index (χ3n) is 5.62. The molecule has 0 aliphatic heterocycles. The summed E-state index contributed by atoms with van der Waals surface area (Å²) in [5.74, 6) is -0.253. The Bertz CT molecular complexity index is 835. The fraction of sp³-hybridized carbons (Fsp3) is 0.519. The van der Waals surface area contributed by atoms with Crippen molar-refractivity contribution in [2.75, 3.05) is 7.11 Å². The summed E-state index contributed by atoms with van der Waals surface area (Å²) >= 11 is 0. The van der Waals surface area contributed by atoms with Crippen LogP contribution in [0.15, 0.2) is 35.5 Å². The number of unbranched alkanes of at least 4 members (excludes halogenated alkanes) is 5. The van der Waals surface area contributed by atoms with E-state index in [-0.39, 0.29) is 18.2 Å². The third kappa shape index (κ3) is 9.21. The van der Waals surface area contributed by atoms with Gasteiger partial charge >= 0.3 is 5.97 Å². The number of hydrogen-bond donors (Lipinski definition) is 1. The number of aliphatic imine (C=N–C) groups is 1. The number of nitrogens with two attached hydrogens (primary N) is 1. The number of ketones is 1. The van der Waals surface area contributed by atoms with Gasteiger partial charge < -0.3 is 10.5 Å². The van der Waals surface area contributed by atoms with Crippen LogP contribution in [0.4, 0.5) is 0 Å². The zero-order valence-corrected chi connectivity index (χ0v) is 19.6. The van der Waals surface area contributed by atoms with Crippen LogP contribution >= 0.6 is 0 Å². The van der Waals surface area contributed by atoms with E-state index in [0.29, 0.717) is 24.4 Å². The van der Waals surface area contributed by atoms with E-state index in [0.717, 1.165) is 42.4 Å². The predicted octanol–water partition coefficient (Wildman–Crippen LogP) is 6.12. The zero-order valence-electron chi connectivity index (χ0n) is 19.6. The lowest BCUT2D eigenvalue weighted by atomic mass is 9.95. The van der Waals surface area contributed by atoms with Crippen molar-refractivity contribution < 1.29 is 14.3 Å². The standard InChI is InChI=1S/C27H38N2O3/c1-3-4-5-6-7-8-9-11-22-18-21(23(19-28)20-29-24-15-16-24)14-17-25(22)26(30)12-10-13-27(31)32-2/h9,11,14,17-20,24H,3-8,10,12-13,15-16,28H2,1-2H3/b11-9+,23-19+,29-20?. The van der Waals surface area contributed by atoms with Gasteiger partial charge in [-0.3, -0.25) is 14.6 Å². The quantitative estimate of drug-likeness (QED) is 0.155. The normalized spacial score (nSPS) is 14.4. The van der Waals surface area contributed by atoms with E-state index in [1.165, 1.54) is 32.8 Å². The molecule has 0 heterocycles. The summed E-state index contributed by atoms with van der Waals surface area (Å²) in [6.45, 7) is 2.22. The SMILES string of the molecule is CCCCCCC/C=C/c1cc(/C(C=NC2CC2)=C/N)ccc1C(=O)CCCC(=O)OC. The second-order valence-electron chi connectivity index (χ2n) is 8.39. The summed E-state index contributed by atoms with van der Waals surface area (Å²) in [5, 5.41) is 0. The molecular weight excluding hydrogens is 400 g/mol. The fourth-order valence-corrected chi connectivity index (χ4v) is 3.46. The number of nitrogens with zero attached hydrogens (tertiary/aromatic N) is 1. The molecule has 2 N–H and O–H groups in total. The first-order valence-corrected chi connectivity index (χ1v) is 11.9. The Morgan fingerprint density at radius 1 is 1.12 bits per heavy atom. The monoisotopic (exact) mass is 438 g/mol. The Labute approximate surface area is 192 Å². The molecule has 0 unspecified atom stereocenters. The van der Waals surface area contributed by atoms with E-state index in [1.54, 1.807) is 6.20 Å². The van der Waals surface area contributed by atoms with Gasteiger partial charge in [0.1, 0.15) is 0 Å². The molecule has 1 aromatic carbocycles. The predicted molar refractivity (Wildman–Crippen MR) is 133 cm³/mol. The molecule has 32 heavy (non-hydrogen) atoms. The Morgan fingerprint density at radius 2 is 1.91 bits per heavy atom. The summed E-state index contributed by atoms with van der Waals surface area (Å²) in [6.07, 6.45) is 18.1. The number of hydrogen-bond acceptors (Lipinski definition) is 5. The largest absolute Gasteiger partial charge is 0.469 e. The molecule has 0 saturated heterocycles. The van der Waals surface area contributed by atoms with Gasteiger partial charge in [0, 0.05) is 36.4 Å². The van der Waals surface area contributed by atoms with Crippen molar-refractivity contribution in [2.45, 2.75) is 83.6 Å². The van der Waals surface area contributed by atoms with Gasteiger partial charge in [0.2, 0.25) is 0 Å². The van der Waals surface area contributed by atoms with Gasteiger partial charge in [-0.15, -0.1) is 0 Å². The highest BCUT2D eigenvalue weighted by molar-refractivity contribution is 6.10. The van der Waals surface area contributed by atoms with Gasteiger partial charge in [-0.25, -0.2) is 0 Å². The molecule has 0 aromatic heterocycles. The van der Waals surface area contributed by atoms with Gasteiger partial charge in [0.25, 0.3) is 0 Å². The number of methoxy groups -OCH3 is 1. The summed E-state index contributed by atoms with van der Waals surface area (Å²) in [4.78, 5) is 28.8. The summed E-state index contributed by atoms with van der Waals surface area (Å²) in [5.41, 5.74) is 9.24. The minimum Gasteiger partial charge on any atom is -0.469 e. The molecular formula is C27H38N2O3. The molecule has 1 fully saturated rings. The molecule has 0 spiro atoms. The molecule has 5 heteroatoms. The van der Waals surface area contributed by atoms with E-state index in [4.69, 9.17) is 5.73 Å². The van der Waals surface area contributed by atoms with Gasteiger partial charge in [-0.05, 0) is 49.3 Å². The second-order valence-corrected chi connectivity index (χ2v) is 8.39. The second kappa shape index (κ2) is 14.4. The van der Waals surface area contributed by atoms with Gasteiger partial charge in [-0.2, -0.15) is 0 Å². The third-order valence-corrected chi connectivity index (χ3v) is 5.62. The van der Waals surface area contributed by atoms with Crippen molar-refractivity contribution in [3.05, 3.63) is 47.2 Å². The first kappa shape index (κ1) is 25.6. The van der Waals surface area contributed by atoms with Crippen molar-refractivity contribution in [1.82, 2.24) is 0 Å². The van der Waals surface area contributed by atoms with Crippen LogP contribution in [-0.2, 0) is 9.53 Å². The summed E-state index contributed by atoms with van der Waals surface area (Å²) in [7, 11) is 1.36. The average molecular weight is 439 g/mol. The molecule has 5 nitrogen and oxygen atoms in total. The maximum atomic E-state index is 12.9. The van der Waals surface area contributed by atoms with E-state index in [9.17, 15) is 9.59 Å². The molecule has 1 aromatic rings. The maximum absolute atomic E-state index is 12.9. The minimum atomic E-state index is -0.288. The van der Waals surface area contributed by atoms with Gasteiger partial charge in [0.05, 0.1) is 13.2 Å². The van der Waals surface area contributed by atoms with Crippen molar-refractivity contribution >= 4 is 29.6 Å². The van der Waals surface area contributed by atoms with Crippen LogP contribution < -0.4 is 5.73 Å². The Morgan fingerprint density at radius 3 is 2.59 bits per heavy atom. The van der Waals surface area contributed by atoms with Gasteiger partial charge in [0.15, 0.2) is 5.78 Å². The van der Waals surface area contributed by atoms with Crippen LogP contribution in [-0.4, -0.2) is 31.1 Å². The molecule has 0 bridgehead atoms. The highest BCUT2D eigenvalue weighted by Crippen LogP contribution is 2.25. The number of esters is 1. The van der Waals surface area contributed by atoms with Crippen molar-refractivity contribution in [2.24, 2.45) is 10.7 Å². The Hall–Kier alpha value is -2.69. The molecule has 1 saturated carbocycles. The van der Waals surface area contributed by atoms with Crippen LogP contribution in [0.5, 0.6) is 0 Å². The van der Waals surface area contributed by atoms with E-state index < -0.39 is 0 Å². The topological polar surface area (TPSA) is 81.8 Å². The number of carbonyl (C=O) groups excluding carboxylic acids is 2. The zero-order chi connectivity index (χ0) is 23.2. The van der Waals surface area contributed by atoms with Crippen LogP contribution in [0.3, 0.4) is 0 Å². The molecule has 0 atom stereocenters. The van der Waals surface area contributed by atoms with Crippen LogP contribution in [0.2, 0.25) is 0 Å². The highest BCUT2D eigenvalue weighted by Gasteiger charge is 2.19. The number of benzene rings is 1. The lowest BCUT2D eigenvalue weighted by Gasteiger charge is -2.09. The summed E-state index contributed by atoms with van der Waals surface area (Å²) in [6, 6.07) is 6.23. The average Bonchev–Trinajstić information content (AvgIpc) is 3.63. The number of carbonyl (C=O) groups is 2. The number of ether oxygens (including phenoxy) is 1. The van der Waals surface area contributed by atoms with Crippen molar-refractivity contribution in [3.63, 3.8) is 0 Å². The number of allylic oxidation sites excluding steroid dienone is 2. The molecule has 2 rings (SSSR count). The van der Waals surface area contributed by atoms with Crippen LogP contribution in [0, 0.1) is 0 Å². The number of Topliss-reactive ketones (excluding diaryl/α,β-unsaturated/α-hetero) is 1. The van der Waals surface area contributed by atoms with E-state index >= 15 is 0 Å². The molecule has 1 aliphatic carbocycles. The highest BCUT2D eigenvalue weighted by atomic mass is 16.5. The minimum absolute atomic E-state index is 0.0352. The van der Waals surface area contributed by atoms with E-state index in [1.807, 2.05) is 30.5 Å². The molecule has 174 valence electrons. The lowest BCUT2D eigenvalue weighted by Crippen LogP contribution is -2.06. The van der Waals surface area contributed by atoms with Crippen molar-refractivity contribution in [1.29, 1.82) is 0 Å².